The summed E-state index contributed by atoms with van der Waals surface area (Å²) in [5.41, 5.74) is 1.56. The third kappa shape index (κ3) is 6.39. The van der Waals surface area contributed by atoms with Crippen molar-refractivity contribution in [2.24, 2.45) is 11.3 Å². The van der Waals surface area contributed by atoms with Crippen LogP contribution in [0.3, 0.4) is 0 Å². The summed E-state index contributed by atoms with van der Waals surface area (Å²) < 4.78 is 84.5. The molecule has 45 heavy (non-hydrogen) atoms. The summed E-state index contributed by atoms with van der Waals surface area (Å²) in [6.45, 7) is 1.14. The van der Waals surface area contributed by atoms with Crippen molar-refractivity contribution in [2.45, 2.75) is 93.3 Å². The van der Waals surface area contributed by atoms with Gasteiger partial charge in [0.05, 0.1) is 4.90 Å². The van der Waals surface area contributed by atoms with Crippen LogP contribution >= 0.6 is 0 Å². The maximum absolute atomic E-state index is 14.1. The smallest absolute Gasteiger partial charge is 0.322 e. The predicted octanol–water partition coefficient (Wildman–Crippen LogP) is 7.70. The van der Waals surface area contributed by atoms with E-state index < -0.39 is 38.9 Å². The zero-order chi connectivity index (χ0) is 32.3. The van der Waals surface area contributed by atoms with E-state index in [4.69, 9.17) is 4.52 Å². The van der Waals surface area contributed by atoms with Gasteiger partial charge in [-0.15, -0.1) is 0 Å². The number of hydrogen-bond donors (Lipinski definition) is 0. The minimum atomic E-state index is -3.36. The fraction of sp³-hybridized carbons (Fsp3) is 0.545. The molecule has 0 saturated heterocycles. The molecule has 1 amide bonds. The molecule has 242 valence electrons. The van der Waals surface area contributed by atoms with E-state index in [0.29, 0.717) is 37.3 Å². The number of fused-ring (bicyclic) bond motifs is 3. The lowest BCUT2D eigenvalue weighted by molar-refractivity contribution is -0.127. The normalized spacial score (nSPS) is 25.3. The number of hydrogen-bond acceptors (Lipinski definition) is 6. The van der Waals surface area contributed by atoms with Crippen LogP contribution in [0.25, 0.3) is 11.1 Å². The third-order valence-electron chi connectivity index (χ3n) is 10.3. The molecule has 0 unspecified atom stereocenters. The van der Waals surface area contributed by atoms with Crippen molar-refractivity contribution < 1.29 is 35.3 Å². The number of carbonyl (C=O) groups is 1. The van der Waals surface area contributed by atoms with E-state index in [-0.39, 0.29) is 41.9 Å². The van der Waals surface area contributed by atoms with E-state index >= 15 is 0 Å². The summed E-state index contributed by atoms with van der Waals surface area (Å²) in [6.07, 6.45) is 4.97. The lowest BCUT2D eigenvalue weighted by atomic mass is 9.53. The molecule has 3 aromatic rings. The molecule has 0 atom stereocenters. The summed E-state index contributed by atoms with van der Waals surface area (Å²) in [4.78, 5) is 20.2. The Labute approximate surface area is 260 Å². The highest BCUT2D eigenvalue weighted by atomic mass is 32.2. The first-order valence-corrected chi connectivity index (χ1v) is 17.3. The molecular weight excluding hydrogens is 610 g/mol. The van der Waals surface area contributed by atoms with Crippen LogP contribution in [0.15, 0.2) is 57.9 Å². The van der Waals surface area contributed by atoms with Gasteiger partial charge >= 0.3 is 5.92 Å². The Kier molecular flexibility index (Phi) is 7.89. The Hall–Kier alpha value is -3.28. The quantitative estimate of drug-likeness (QED) is 0.233. The van der Waals surface area contributed by atoms with E-state index in [1.54, 1.807) is 29.2 Å². The van der Waals surface area contributed by atoms with Gasteiger partial charge in [0.15, 0.2) is 15.7 Å². The highest BCUT2D eigenvalue weighted by molar-refractivity contribution is 7.90. The van der Waals surface area contributed by atoms with Crippen LogP contribution < -0.4 is 4.90 Å². The van der Waals surface area contributed by atoms with Crippen LogP contribution in [0.2, 0.25) is 0 Å². The van der Waals surface area contributed by atoms with Crippen LogP contribution in [-0.2, 0) is 26.0 Å². The first kappa shape index (κ1) is 31.7. The predicted molar refractivity (Wildman–Crippen MR) is 160 cm³/mol. The highest BCUT2D eigenvalue weighted by Gasteiger charge is 2.53. The molecule has 2 aromatic carbocycles. The number of nitrogens with zero attached hydrogens (tertiary/aromatic N) is 3. The Morgan fingerprint density at radius 1 is 0.956 bits per heavy atom. The topological polar surface area (TPSA) is 93.4 Å². The molecule has 0 aliphatic heterocycles. The second-order valence-electron chi connectivity index (χ2n) is 13.5. The van der Waals surface area contributed by atoms with E-state index in [1.807, 2.05) is 24.3 Å². The van der Waals surface area contributed by atoms with Gasteiger partial charge in [-0.2, -0.15) is 13.8 Å². The van der Waals surface area contributed by atoms with Gasteiger partial charge in [0, 0.05) is 49.6 Å². The van der Waals surface area contributed by atoms with Crippen molar-refractivity contribution in [1.29, 1.82) is 0 Å². The van der Waals surface area contributed by atoms with Gasteiger partial charge in [-0.3, -0.25) is 4.79 Å². The number of halogens is 4. The Morgan fingerprint density at radius 2 is 1.58 bits per heavy atom. The van der Waals surface area contributed by atoms with Crippen LogP contribution in [0.4, 0.5) is 23.2 Å². The number of anilines is 1. The Bertz CT molecular complexity index is 1650. The van der Waals surface area contributed by atoms with Crippen molar-refractivity contribution >= 4 is 21.4 Å². The van der Waals surface area contributed by atoms with Gasteiger partial charge in [-0.05, 0) is 92.2 Å². The van der Waals surface area contributed by atoms with Crippen molar-refractivity contribution in [3.05, 3.63) is 60.2 Å². The minimum absolute atomic E-state index is 0.118. The monoisotopic (exact) mass is 647 g/mol. The van der Waals surface area contributed by atoms with Gasteiger partial charge in [-0.25, -0.2) is 17.2 Å². The molecule has 2 bridgehead atoms. The zero-order valence-corrected chi connectivity index (χ0v) is 26.2. The maximum atomic E-state index is 14.1. The molecule has 4 fully saturated rings. The zero-order valence-electron chi connectivity index (χ0n) is 25.4. The van der Waals surface area contributed by atoms with Crippen LogP contribution in [0.5, 0.6) is 0 Å². The maximum Gasteiger partial charge on any atom is 0.322 e. The average Bonchev–Trinajstić information content (AvgIpc) is 3.53. The molecule has 7 nitrogen and oxygen atoms in total. The molecule has 7 rings (SSSR count). The Morgan fingerprint density at radius 3 is 2.13 bits per heavy atom. The van der Waals surface area contributed by atoms with E-state index in [2.05, 4.69) is 10.1 Å². The van der Waals surface area contributed by atoms with Gasteiger partial charge in [-0.1, -0.05) is 29.4 Å². The molecule has 1 aromatic heterocycles. The van der Waals surface area contributed by atoms with Crippen molar-refractivity contribution in [3.8, 4) is 11.1 Å². The SMILES string of the molecule is CC(F)(F)c1nc(C23CCC(CN(C(=O)C4CCC(F)(F)CC4)c4cccc(-c5ccc(S(C)(=O)=O)cc5)c4)(CC2)CC3)no1. The van der Waals surface area contributed by atoms with Crippen LogP contribution in [0, 0.1) is 11.3 Å². The molecule has 0 spiro atoms. The molecular formula is C33H37F4N3O4S. The second-order valence-corrected chi connectivity index (χ2v) is 15.5. The summed E-state index contributed by atoms with van der Waals surface area (Å²) in [7, 11) is -3.36. The molecule has 12 heteroatoms. The van der Waals surface area contributed by atoms with Gasteiger partial charge in [0.25, 0.3) is 5.89 Å². The lowest BCUT2D eigenvalue weighted by Gasteiger charge is -2.53. The van der Waals surface area contributed by atoms with Gasteiger partial charge < -0.3 is 9.42 Å². The van der Waals surface area contributed by atoms with Crippen molar-refractivity contribution in [1.82, 2.24) is 10.1 Å². The summed E-state index contributed by atoms with van der Waals surface area (Å²) in [5, 5.41) is 3.94. The standard InChI is InChI=1S/C33H37F4N3O4S/c1-30(34,35)29-38-28(39-44-29)32-17-14-31(15-18-32,16-19-32)21-40(27(41)23-10-12-33(36,37)13-11-23)25-5-3-4-24(20-25)22-6-8-26(9-7-22)45(2,42)43/h3-9,20,23H,10-19,21H2,1-2H3. The fourth-order valence-corrected chi connectivity index (χ4v) is 7.97. The fourth-order valence-electron chi connectivity index (χ4n) is 7.34. The number of sulfone groups is 1. The number of amides is 1. The van der Waals surface area contributed by atoms with E-state index in [1.165, 1.54) is 0 Å². The summed E-state index contributed by atoms with van der Waals surface area (Å²) in [6, 6.07) is 14.0. The van der Waals surface area contributed by atoms with Crippen LogP contribution in [0.1, 0.15) is 82.8 Å². The third-order valence-corrected chi connectivity index (χ3v) is 11.4. The van der Waals surface area contributed by atoms with Crippen LogP contribution in [-0.4, -0.2) is 43.2 Å². The van der Waals surface area contributed by atoms with E-state index in [9.17, 15) is 30.8 Å². The second kappa shape index (κ2) is 11.2. The number of carbonyl (C=O) groups excluding carboxylic acids is 1. The first-order chi connectivity index (χ1) is 21.1. The molecule has 4 saturated carbocycles. The largest absolute Gasteiger partial charge is 0.333 e. The number of alkyl halides is 4. The number of benzene rings is 2. The molecule has 0 radical (unpaired) electrons. The summed E-state index contributed by atoms with van der Waals surface area (Å²) >= 11 is 0. The van der Waals surface area contributed by atoms with Gasteiger partial charge in [0.2, 0.25) is 11.8 Å². The molecule has 0 N–H and O–H groups in total. The average molecular weight is 648 g/mol. The number of rotatable bonds is 8. The Balaban J connectivity index is 1.27. The highest BCUT2D eigenvalue weighted by Crippen LogP contribution is 2.58. The molecule has 4 aliphatic carbocycles. The minimum Gasteiger partial charge on any atom is -0.333 e. The van der Waals surface area contributed by atoms with E-state index in [0.717, 1.165) is 43.6 Å². The molecule has 1 heterocycles. The van der Waals surface area contributed by atoms with Crippen molar-refractivity contribution in [3.63, 3.8) is 0 Å². The summed E-state index contributed by atoms with van der Waals surface area (Å²) in [5.74, 6) is -7.03. The first-order valence-electron chi connectivity index (χ1n) is 15.4. The molecule has 4 aliphatic rings. The lowest BCUT2D eigenvalue weighted by Crippen LogP contribution is -2.52. The van der Waals surface area contributed by atoms with Gasteiger partial charge in [0.1, 0.15) is 0 Å². The van der Waals surface area contributed by atoms with Crippen molar-refractivity contribution in [2.75, 3.05) is 17.7 Å². The number of aromatic nitrogens is 2.